The van der Waals surface area contributed by atoms with Crippen LogP contribution in [0.15, 0.2) is 46.9 Å². The molecule has 0 atom stereocenters. The molecule has 2 aromatic carbocycles. The van der Waals surface area contributed by atoms with Gasteiger partial charge in [-0.1, -0.05) is 18.2 Å². The molecule has 3 aromatic rings. The number of nitrogens with zero attached hydrogens (tertiary/aromatic N) is 2. The van der Waals surface area contributed by atoms with Crippen molar-refractivity contribution < 1.29 is 23.4 Å². The number of fused-ring (bicyclic) bond motifs is 1. The second-order valence-electron chi connectivity index (χ2n) is 7.77. The van der Waals surface area contributed by atoms with Gasteiger partial charge in [0.1, 0.15) is 23.9 Å². The Morgan fingerprint density at radius 3 is 2.90 bits per heavy atom. The highest BCUT2D eigenvalue weighted by Gasteiger charge is 2.23. The van der Waals surface area contributed by atoms with Crippen molar-refractivity contribution in [2.24, 2.45) is 0 Å². The van der Waals surface area contributed by atoms with Gasteiger partial charge in [0.05, 0.1) is 5.69 Å². The second kappa shape index (κ2) is 9.31. The van der Waals surface area contributed by atoms with Gasteiger partial charge in [0, 0.05) is 37.1 Å². The summed E-state index contributed by atoms with van der Waals surface area (Å²) >= 11 is 0. The molecule has 0 radical (unpaired) electrons. The number of hydrogen-bond acceptors (Lipinski definition) is 5. The maximum Gasteiger partial charge on any atom is 0.303 e. The molecular formula is C24H25FN2O4. The number of aromatic nitrogens is 1. The van der Waals surface area contributed by atoms with E-state index in [1.807, 2.05) is 25.1 Å². The lowest BCUT2D eigenvalue weighted by atomic mass is 10.1. The summed E-state index contributed by atoms with van der Waals surface area (Å²) in [6.45, 7) is 4.34. The topological polar surface area (TPSA) is 75.8 Å². The Hall–Kier alpha value is -3.19. The van der Waals surface area contributed by atoms with Gasteiger partial charge in [0.2, 0.25) is 5.89 Å². The van der Waals surface area contributed by atoms with E-state index in [1.54, 1.807) is 18.2 Å². The smallest absolute Gasteiger partial charge is 0.303 e. The number of rotatable bonds is 8. The number of ether oxygens (including phenoxy) is 1. The van der Waals surface area contributed by atoms with Crippen LogP contribution in [-0.4, -0.2) is 34.0 Å². The third-order valence-electron chi connectivity index (χ3n) is 5.43. The molecule has 0 unspecified atom stereocenters. The minimum Gasteiger partial charge on any atom is -0.489 e. The molecule has 2 heterocycles. The van der Waals surface area contributed by atoms with Crippen molar-refractivity contribution in [1.82, 2.24) is 9.88 Å². The van der Waals surface area contributed by atoms with Crippen molar-refractivity contribution in [3.8, 4) is 17.2 Å². The predicted molar refractivity (Wildman–Crippen MR) is 113 cm³/mol. The number of carbonyl (C=O) groups is 1. The van der Waals surface area contributed by atoms with E-state index in [9.17, 15) is 9.18 Å². The molecule has 0 fully saturated rings. The van der Waals surface area contributed by atoms with Crippen LogP contribution in [0.2, 0.25) is 0 Å². The van der Waals surface area contributed by atoms with Crippen LogP contribution in [0.1, 0.15) is 35.4 Å². The lowest BCUT2D eigenvalue weighted by molar-refractivity contribution is -0.137. The van der Waals surface area contributed by atoms with Gasteiger partial charge >= 0.3 is 5.97 Å². The third kappa shape index (κ3) is 5.11. The van der Waals surface area contributed by atoms with E-state index in [0.29, 0.717) is 30.2 Å². The Bertz CT molecular complexity index is 1080. The normalized spacial score (nSPS) is 13.7. The minimum absolute atomic E-state index is 0.165. The SMILES string of the molecule is Cc1cc(-c2nc3c(o2)CCN(CCCC(=O)O)C3)ccc1OCc1ccccc1F. The van der Waals surface area contributed by atoms with Gasteiger partial charge in [-0.2, -0.15) is 0 Å². The molecule has 0 amide bonds. The molecule has 0 spiro atoms. The first-order chi connectivity index (χ1) is 15.0. The van der Waals surface area contributed by atoms with Gasteiger partial charge in [-0.05, 0) is 49.7 Å². The van der Waals surface area contributed by atoms with E-state index in [-0.39, 0.29) is 18.8 Å². The summed E-state index contributed by atoms with van der Waals surface area (Å²) in [6, 6.07) is 12.3. The molecule has 1 aliphatic rings. The minimum atomic E-state index is -0.766. The monoisotopic (exact) mass is 424 g/mol. The van der Waals surface area contributed by atoms with Crippen LogP contribution in [0.5, 0.6) is 5.75 Å². The summed E-state index contributed by atoms with van der Waals surface area (Å²) in [6.07, 6.45) is 1.57. The van der Waals surface area contributed by atoms with E-state index in [2.05, 4.69) is 9.88 Å². The number of carboxylic acid groups (broad SMARTS) is 1. The Kier molecular flexibility index (Phi) is 6.32. The first kappa shape index (κ1) is 21.1. The maximum atomic E-state index is 13.8. The molecule has 1 aliphatic heterocycles. The van der Waals surface area contributed by atoms with Gasteiger partial charge in [-0.3, -0.25) is 9.69 Å². The van der Waals surface area contributed by atoms with Gasteiger partial charge < -0.3 is 14.3 Å². The first-order valence-electron chi connectivity index (χ1n) is 10.4. The van der Waals surface area contributed by atoms with E-state index < -0.39 is 5.97 Å². The van der Waals surface area contributed by atoms with Crippen molar-refractivity contribution in [1.29, 1.82) is 0 Å². The molecular weight excluding hydrogens is 399 g/mol. The highest BCUT2D eigenvalue weighted by molar-refractivity contribution is 5.66. The summed E-state index contributed by atoms with van der Waals surface area (Å²) in [4.78, 5) is 17.6. The molecule has 0 saturated carbocycles. The van der Waals surface area contributed by atoms with Crippen molar-refractivity contribution >= 4 is 5.97 Å². The lowest BCUT2D eigenvalue weighted by Crippen LogP contribution is -2.31. The van der Waals surface area contributed by atoms with Gasteiger partial charge in [-0.15, -0.1) is 0 Å². The number of aliphatic carboxylic acids is 1. The number of carboxylic acids is 1. The second-order valence-corrected chi connectivity index (χ2v) is 7.77. The van der Waals surface area contributed by atoms with Crippen LogP contribution in [0.3, 0.4) is 0 Å². The standard InChI is InChI=1S/C24H25FN2O4/c1-16-13-17(8-9-21(16)30-15-18-5-2-3-6-19(18)25)24-26-20-14-27(11-4-7-23(28)29)12-10-22(20)31-24/h2-3,5-6,8-9,13H,4,7,10-12,14-15H2,1H3,(H,28,29). The lowest BCUT2D eigenvalue weighted by Gasteiger charge is -2.24. The zero-order valence-corrected chi connectivity index (χ0v) is 17.4. The predicted octanol–water partition coefficient (Wildman–Crippen LogP) is 4.59. The summed E-state index contributed by atoms with van der Waals surface area (Å²) in [5, 5.41) is 8.80. The van der Waals surface area contributed by atoms with Crippen LogP contribution in [0, 0.1) is 12.7 Å². The van der Waals surface area contributed by atoms with Crippen LogP contribution in [0.4, 0.5) is 4.39 Å². The molecule has 162 valence electrons. The fourth-order valence-corrected chi connectivity index (χ4v) is 3.74. The fourth-order valence-electron chi connectivity index (χ4n) is 3.74. The van der Waals surface area contributed by atoms with Crippen LogP contribution in [-0.2, 0) is 24.4 Å². The molecule has 1 N–H and O–H groups in total. The molecule has 0 bridgehead atoms. The Labute approximate surface area is 180 Å². The van der Waals surface area contributed by atoms with Crippen molar-refractivity contribution in [2.45, 2.75) is 39.3 Å². The average Bonchev–Trinajstić information content (AvgIpc) is 3.17. The highest BCUT2D eigenvalue weighted by Crippen LogP contribution is 2.30. The fraction of sp³-hybridized carbons (Fsp3) is 0.333. The third-order valence-corrected chi connectivity index (χ3v) is 5.43. The van der Waals surface area contributed by atoms with E-state index in [0.717, 1.165) is 42.1 Å². The van der Waals surface area contributed by atoms with E-state index in [1.165, 1.54) is 6.07 Å². The quantitative estimate of drug-likeness (QED) is 0.570. The van der Waals surface area contributed by atoms with Gasteiger partial charge in [-0.25, -0.2) is 9.37 Å². The molecule has 1 aromatic heterocycles. The van der Waals surface area contributed by atoms with Crippen molar-refractivity contribution in [3.63, 3.8) is 0 Å². The van der Waals surface area contributed by atoms with Gasteiger partial charge in [0.25, 0.3) is 0 Å². The summed E-state index contributed by atoms with van der Waals surface area (Å²) < 4.78 is 25.6. The number of halogens is 1. The Morgan fingerprint density at radius 2 is 2.13 bits per heavy atom. The zero-order chi connectivity index (χ0) is 21.8. The Morgan fingerprint density at radius 1 is 1.29 bits per heavy atom. The summed E-state index contributed by atoms with van der Waals surface area (Å²) in [5.74, 6) is 1.10. The Balaban J connectivity index is 1.41. The first-order valence-corrected chi connectivity index (χ1v) is 10.4. The van der Waals surface area contributed by atoms with Gasteiger partial charge in [0.15, 0.2) is 0 Å². The summed E-state index contributed by atoms with van der Waals surface area (Å²) in [5.41, 5.74) is 3.20. The molecule has 7 heteroatoms. The van der Waals surface area contributed by atoms with Crippen LogP contribution < -0.4 is 4.74 Å². The largest absolute Gasteiger partial charge is 0.489 e. The van der Waals surface area contributed by atoms with Crippen LogP contribution in [0.25, 0.3) is 11.5 Å². The van der Waals surface area contributed by atoms with Crippen molar-refractivity contribution in [3.05, 3.63) is 70.9 Å². The van der Waals surface area contributed by atoms with E-state index in [4.69, 9.17) is 14.3 Å². The van der Waals surface area contributed by atoms with Crippen LogP contribution >= 0.6 is 0 Å². The van der Waals surface area contributed by atoms with E-state index >= 15 is 0 Å². The molecule has 4 rings (SSSR count). The average molecular weight is 424 g/mol. The molecule has 31 heavy (non-hydrogen) atoms. The molecule has 0 saturated heterocycles. The zero-order valence-electron chi connectivity index (χ0n) is 17.4. The number of hydrogen-bond donors (Lipinski definition) is 1. The molecule has 6 nitrogen and oxygen atoms in total. The highest BCUT2D eigenvalue weighted by atomic mass is 19.1. The summed E-state index contributed by atoms with van der Waals surface area (Å²) in [7, 11) is 0. The number of oxazole rings is 1. The number of benzene rings is 2. The number of aryl methyl sites for hydroxylation is 1. The molecule has 0 aliphatic carbocycles. The maximum absolute atomic E-state index is 13.8. The van der Waals surface area contributed by atoms with Crippen molar-refractivity contribution in [2.75, 3.05) is 13.1 Å².